The van der Waals surface area contributed by atoms with E-state index in [2.05, 4.69) is 41.8 Å². The molecule has 96 valence electrons. The summed E-state index contributed by atoms with van der Waals surface area (Å²) >= 11 is 0. The van der Waals surface area contributed by atoms with E-state index in [1.807, 2.05) is 13.2 Å². The highest BCUT2D eigenvalue weighted by Crippen LogP contribution is 2.17. The van der Waals surface area contributed by atoms with Gasteiger partial charge in [0.25, 0.3) is 0 Å². The lowest BCUT2D eigenvalue weighted by Gasteiger charge is -2.37. The van der Waals surface area contributed by atoms with Crippen molar-refractivity contribution in [3.05, 3.63) is 24.9 Å². The van der Waals surface area contributed by atoms with Gasteiger partial charge in [0.15, 0.2) is 0 Å². The summed E-state index contributed by atoms with van der Waals surface area (Å²) in [5.41, 5.74) is 1.17. The minimum atomic E-state index is 0.506. The molecule has 0 aromatic rings. The molecule has 1 unspecified atom stereocenters. The number of piperazine rings is 1. The van der Waals surface area contributed by atoms with Crippen LogP contribution in [0.1, 0.15) is 20.3 Å². The number of hydrogen-bond donors (Lipinski definition) is 0. The molecule has 0 spiro atoms. The second-order valence-electron chi connectivity index (χ2n) is 4.59. The molecule has 1 saturated heterocycles. The van der Waals surface area contributed by atoms with E-state index in [0.29, 0.717) is 5.92 Å². The fourth-order valence-corrected chi connectivity index (χ4v) is 2.07. The zero-order chi connectivity index (χ0) is 12.8. The van der Waals surface area contributed by atoms with Crippen LogP contribution in [0.4, 0.5) is 0 Å². The van der Waals surface area contributed by atoms with Crippen molar-refractivity contribution in [1.82, 2.24) is 9.80 Å². The van der Waals surface area contributed by atoms with Gasteiger partial charge in [-0.2, -0.15) is 0 Å². The smallest absolute Gasteiger partial charge is 0.126 e. The molecule has 0 saturated carbocycles. The van der Waals surface area contributed by atoms with E-state index in [-0.39, 0.29) is 0 Å². The molecule has 17 heavy (non-hydrogen) atoms. The van der Waals surface area contributed by atoms with Crippen molar-refractivity contribution in [3.63, 3.8) is 0 Å². The molecular weight excluding hydrogens is 210 g/mol. The van der Waals surface area contributed by atoms with Crippen molar-refractivity contribution >= 4 is 5.84 Å². The third kappa shape index (κ3) is 3.35. The molecular formula is C14H25N3. The maximum Gasteiger partial charge on any atom is 0.126 e. The number of nitrogens with zero attached hydrogens (tertiary/aromatic N) is 3. The van der Waals surface area contributed by atoms with Crippen molar-refractivity contribution in [2.45, 2.75) is 20.3 Å². The monoisotopic (exact) mass is 235 g/mol. The molecule has 0 aromatic carbocycles. The molecule has 0 radical (unpaired) electrons. The standard InChI is InChI=1S/C14H25N3/c1-6-12(3)13(4)14(15-5)17-10-8-16(7-2)9-11-17/h7,12H,2,4,6,8-11H2,1,3,5H3/b15-14+. The van der Waals surface area contributed by atoms with E-state index >= 15 is 0 Å². The van der Waals surface area contributed by atoms with Crippen LogP contribution in [0, 0.1) is 5.92 Å². The topological polar surface area (TPSA) is 18.8 Å². The Morgan fingerprint density at radius 3 is 2.35 bits per heavy atom. The van der Waals surface area contributed by atoms with E-state index in [1.165, 1.54) is 5.57 Å². The Kier molecular flexibility index (Phi) is 5.26. The highest BCUT2D eigenvalue weighted by Gasteiger charge is 2.21. The van der Waals surface area contributed by atoms with E-state index < -0.39 is 0 Å². The minimum absolute atomic E-state index is 0.506. The second-order valence-corrected chi connectivity index (χ2v) is 4.59. The van der Waals surface area contributed by atoms with Crippen molar-refractivity contribution in [2.75, 3.05) is 33.2 Å². The molecule has 1 aliphatic heterocycles. The summed E-state index contributed by atoms with van der Waals surface area (Å²) in [5, 5.41) is 0. The minimum Gasteiger partial charge on any atom is -0.374 e. The zero-order valence-electron chi connectivity index (χ0n) is 11.4. The normalized spacial score (nSPS) is 19.1. The molecule has 0 aliphatic carbocycles. The number of aliphatic imine (C=N–C) groups is 1. The maximum absolute atomic E-state index is 4.43. The predicted octanol–water partition coefficient (Wildman–Crippen LogP) is 2.38. The lowest BCUT2D eigenvalue weighted by atomic mass is 9.98. The highest BCUT2D eigenvalue weighted by atomic mass is 15.3. The quantitative estimate of drug-likeness (QED) is 0.550. The SMILES string of the molecule is C=CN1CCN(/C(=N/C)C(=C)C(C)CC)CC1. The van der Waals surface area contributed by atoms with Gasteiger partial charge in [0.1, 0.15) is 5.84 Å². The van der Waals surface area contributed by atoms with Crippen molar-refractivity contribution < 1.29 is 0 Å². The summed E-state index contributed by atoms with van der Waals surface area (Å²) in [6.07, 6.45) is 3.04. The van der Waals surface area contributed by atoms with Crippen LogP contribution in [-0.4, -0.2) is 48.9 Å². The van der Waals surface area contributed by atoms with Crippen molar-refractivity contribution in [2.24, 2.45) is 10.9 Å². The highest BCUT2D eigenvalue weighted by molar-refractivity contribution is 5.98. The Balaban J connectivity index is 2.64. The Morgan fingerprint density at radius 2 is 1.94 bits per heavy atom. The second kappa shape index (κ2) is 6.48. The molecule has 1 fully saturated rings. The van der Waals surface area contributed by atoms with Gasteiger partial charge >= 0.3 is 0 Å². The summed E-state index contributed by atoms with van der Waals surface area (Å²) < 4.78 is 0. The van der Waals surface area contributed by atoms with Crippen molar-refractivity contribution in [3.8, 4) is 0 Å². The van der Waals surface area contributed by atoms with Gasteiger partial charge in [-0.25, -0.2) is 0 Å². The van der Waals surface area contributed by atoms with Crippen LogP contribution < -0.4 is 0 Å². The molecule has 1 heterocycles. The Hall–Kier alpha value is -1.25. The van der Waals surface area contributed by atoms with Gasteiger partial charge in [-0.3, -0.25) is 4.99 Å². The van der Waals surface area contributed by atoms with Crippen molar-refractivity contribution in [1.29, 1.82) is 0 Å². The first-order valence-corrected chi connectivity index (χ1v) is 6.41. The largest absolute Gasteiger partial charge is 0.374 e. The third-order valence-electron chi connectivity index (χ3n) is 3.58. The lowest BCUT2D eigenvalue weighted by molar-refractivity contribution is 0.237. The zero-order valence-corrected chi connectivity index (χ0v) is 11.4. The van der Waals surface area contributed by atoms with Gasteiger partial charge < -0.3 is 9.80 Å². The van der Waals surface area contributed by atoms with E-state index in [4.69, 9.17) is 0 Å². The van der Waals surface area contributed by atoms with Crippen LogP contribution in [0.3, 0.4) is 0 Å². The summed E-state index contributed by atoms with van der Waals surface area (Å²) in [7, 11) is 1.86. The van der Waals surface area contributed by atoms with Gasteiger partial charge in [-0.15, -0.1) is 0 Å². The predicted molar refractivity (Wildman–Crippen MR) is 75.3 cm³/mol. The van der Waals surface area contributed by atoms with Gasteiger partial charge in [0.05, 0.1) is 0 Å². The summed E-state index contributed by atoms with van der Waals surface area (Å²) in [6, 6.07) is 0. The summed E-state index contributed by atoms with van der Waals surface area (Å²) in [4.78, 5) is 9.02. The number of rotatable bonds is 4. The van der Waals surface area contributed by atoms with E-state index in [1.54, 1.807) is 0 Å². The van der Waals surface area contributed by atoms with Gasteiger partial charge in [0.2, 0.25) is 0 Å². The molecule has 3 nitrogen and oxygen atoms in total. The molecule has 0 amide bonds. The first-order chi connectivity index (χ1) is 8.13. The van der Waals surface area contributed by atoms with Gasteiger partial charge in [-0.1, -0.05) is 27.0 Å². The van der Waals surface area contributed by atoms with Gasteiger partial charge in [0, 0.05) is 33.2 Å². The molecule has 1 aliphatic rings. The molecule has 0 aromatic heterocycles. The van der Waals surface area contributed by atoms with Crippen LogP contribution in [0.2, 0.25) is 0 Å². The fourth-order valence-electron chi connectivity index (χ4n) is 2.07. The number of hydrogen-bond acceptors (Lipinski definition) is 2. The van der Waals surface area contributed by atoms with Crippen LogP contribution in [0.5, 0.6) is 0 Å². The molecule has 0 bridgehead atoms. The van der Waals surface area contributed by atoms with Crippen LogP contribution in [0.25, 0.3) is 0 Å². The number of amidine groups is 1. The Labute approximate surface area is 106 Å². The third-order valence-corrected chi connectivity index (χ3v) is 3.58. The Bertz CT molecular complexity index is 299. The molecule has 1 rings (SSSR count). The Morgan fingerprint density at radius 1 is 1.35 bits per heavy atom. The average Bonchev–Trinajstić information content (AvgIpc) is 2.39. The fraction of sp³-hybridized carbons (Fsp3) is 0.643. The molecule has 3 heteroatoms. The van der Waals surface area contributed by atoms with Crippen LogP contribution in [0.15, 0.2) is 29.9 Å². The lowest BCUT2D eigenvalue weighted by Crippen LogP contribution is -2.47. The van der Waals surface area contributed by atoms with Crippen LogP contribution >= 0.6 is 0 Å². The first kappa shape index (κ1) is 13.8. The van der Waals surface area contributed by atoms with E-state index in [9.17, 15) is 0 Å². The summed E-state index contributed by atoms with van der Waals surface area (Å²) in [6.45, 7) is 16.5. The van der Waals surface area contributed by atoms with E-state index in [0.717, 1.165) is 38.4 Å². The molecule has 1 atom stereocenters. The van der Waals surface area contributed by atoms with Crippen LogP contribution in [-0.2, 0) is 0 Å². The average molecular weight is 235 g/mol. The molecule has 0 N–H and O–H groups in total. The first-order valence-electron chi connectivity index (χ1n) is 6.41. The maximum atomic E-state index is 4.43. The van der Waals surface area contributed by atoms with Gasteiger partial charge in [-0.05, 0) is 24.1 Å². The summed E-state index contributed by atoms with van der Waals surface area (Å²) in [5.74, 6) is 1.59.